The van der Waals surface area contributed by atoms with Crippen molar-refractivity contribution in [1.29, 1.82) is 0 Å². The summed E-state index contributed by atoms with van der Waals surface area (Å²) in [5, 5.41) is 0. The van der Waals surface area contributed by atoms with Crippen molar-refractivity contribution in [2.45, 2.75) is 52.3 Å². The lowest BCUT2D eigenvalue weighted by Gasteiger charge is -2.25. The molecule has 0 amide bonds. The maximum atomic E-state index is 5.69. The fraction of sp³-hybridized carbons (Fsp3) is 0.750. The molecule has 0 aliphatic rings. The van der Waals surface area contributed by atoms with E-state index in [1.54, 1.807) is 0 Å². The van der Waals surface area contributed by atoms with Gasteiger partial charge in [0.05, 0.1) is 12.1 Å². The van der Waals surface area contributed by atoms with Crippen molar-refractivity contribution in [2.75, 3.05) is 6.61 Å². The summed E-state index contributed by atoms with van der Waals surface area (Å²) in [5.41, 5.74) is 2.85. The molecule has 0 saturated heterocycles. The van der Waals surface area contributed by atoms with Gasteiger partial charge in [-0.05, 0) is 20.3 Å². The Kier molecular flexibility index (Phi) is 6.18. The van der Waals surface area contributed by atoms with Gasteiger partial charge < -0.3 is 9.30 Å². The number of ether oxygens (including phenoxy) is 1. The molecule has 0 aromatic carbocycles. The number of aryl methyl sites for hydroxylation is 1. The van der Waals surface area contributed by atoms with Gasteiger partial charge in [0.25, 0.3) is 0 Å². The fourth-order valence-electron chi connectivity index (χ4n) is 2.04. The Morgan fingerprint density at radius 1 is 1.47 bits per heavy atom. The summed E-state index contributed by atoms with van der Waals surface area (Å²) in [6.07, 6.45) is 5.68. The van der Waals surface area contributed by atoms with Gasteiger partial charge >= 0.3 is 0 Å². The second-order valence-electron chi connectivity index (χ2n) is 4.01. The quantitative estimate of drug-likeness (QED) is 0.527. The van der Waals surface area contributed by atoms with Crippen LogP contribution in [0.4, 0.5) is 0 Å². The molecule has 0 radical (unpaired) electrons. The van der Waals surface area contributed by atoms with E-state index in [4.69, 9.17) is 10.6 Å². The first-order chi connectivity index (χ1) is 8.26. The molecule has 5 heteroatoms. The molecule has 0 bridgehead atoms. The van der Waals surface area contributed by atoms with E-state index in [9.17, 15) is 0 Å². The molecular formula is C12H24N4O. The van der Waals surface area contributed by atoms with E-state index in [1.165, 1.54) is 0 Å². The van der Waals surface area contributed by atoms with Crippen LogP contribution in [0.5, 0.6) is 0 Å². The second-order valence-corrected chi connectivity index (χ2v) is 4.01. The number of hydrogen-bond acceptors (Lipinski definition) is 4. The summed E-state index contributed by atoms with van der Waals surface area (Å²) in [4.78, 5) is 4.36. The van der Waals surface area contributed by atoms with E-state index in [0.717, 1.165) is 25.2 Å². The topological polar surface area (TPSA) is 65.1 Å². The highest BCUT2D eigenvalue weighted by Gasteiger charge is 2.21. The lowest BCUT2D eigenvalue weighted by Crippen LogP contribution is -2.46. The van der Waals surface area contributed by atoms with Crippen molar-refractivity contribution >= 4 is 0 Å². The van der Waals surface area contributed by atoms with Gasteiger partial charge in [0.1, 0.15) is 5.82 Å². The minimum absolute atomic E-state index is 0.104. The highest BCUT2D eigenvalue weighted by molar-refractivity contribution is 4.96. The molecule has 2 atom stereocenters. The molecule has 0 aliphatic carbocycles. The number of hydrazine groups is 1. The predicted molar refractivity (Wildman–Crippen MR) is 68.4 cm³/mol. The molecule has 1 aromatic rings. The van der Waals surface area contributed by atoms with Crippen LogP contribution in [0.25, 0.3) is 0 Å². The van der Waals surface area contributed by atoms with Crippen molar-refractivity contribution in [3.63, 3.8) is 0 Å². The van der Waals surface area contributed by atoms with E-state index in [1.807, 2.05) is 19.3 Å². The Balaban J connectivity index is 2.68. The van der Waals surface area contributed by atoms with Crippen molar-refractivity contribution in [3.8, 4) is 0 Å². The smallest absolute Gasteiger partial charge is 0.110 e. The monoisotopic (exact) mass is 240 g/mol. The van der Waals surface area contributed by atoms with E-state index < -0.39 is 0 Å². The van der Waals surface area contributed by atoms with Gasteiger partial charge in [-0.25, -0.2) is 4.98 Å². The lowest BCUT2D eigenvalue weighted by atomic mass is 10.1. The van der Waals surface area contributed by atoms with Crippen molar-refractivity contribution in [1.82, 2.24) is 15.0 Å². The molecule has 3 N–H and O–H groups in total. The van der Waals surface area contributed by atoms with E-state index in [2.05, 4.69) is 28.8 Å². The van der Waals surface area contributed by atoms with Gasteiger partial charge in [0.15, 0.2) is 0 Å². The standard InChI is InChI=1S/C12H24N4O/c1-4-11(17-6-3)10(15-13)9-12-14-7-8-16(12)5-2/h7-8,10-11,15H,4-6,9,13H2,1-3H3. The molecular weight excluding hydrogens is 216 g/mol. The summed E-state index contributed by atoms with van der Waals surface area (Å²) in [6.45, 7) is 7.85. The maximum absolute atomic E-state index is 5.69. The summed E-state index contributed by atoms with van der Waals surface area (Å²) >= 11 is 0. The van der Waals surface area contributed by atoms with Gasteiger partial charge in [-0.15, -0.1) is 0 Å². The molecule has 0 aliphatic heterocycles. The van der Waals surface area contributed by atoms with Crippen LogP contribution in [0.2, 0.25) is 0 Å². The first kappa shape index (κ1) is 14.2. The SMILES string of the molecule is CCOC(CC)C(Cc1nccn1CC)NN. The van der Waals surface area contributed by atoms with Crippen LogP contribution in [0, 0.1) is 0 Å². The summed E-state index contributed by atoms with van der Waals surface area (Å²) in [7, 11) is 0. The lowest BCUT2D eigenvalue weighted by molar-refractivity contribution is 0.0312. The van der Waals surface area contributed by atoms with Crippen LogP contribution in [-0.2, 0) is 17.7 Å². The number of hydrogen-bond donors (Lipinski definition) is 2. The normalized spacial score (nSPS) is 14.8. The molecule has 17 heavy (non-hydrogen) atoms. The second kappa shape index (κ2) is 7.42. The maximum Gasteiger partial charge on any atom is 0.110 e. The molecule has 2 unspecified atom stereocenters. The largest absolute Gasteiger partial charge is 0.377 e. The van der Waals surface area contributed by atoms with Gasteiger partial charge in [-0.2, -0.15) is 0 Å². The van der Waals surface area contributed by atoms with Crippen LogP contribution in [0.15, 0.2) is 12.4 Å². The molecule has 98 valence electrons. The number of nitrogens with one attached hydrogen (secondary N) is 1. The fourth-order valence-corrected chi connectivity index (χ4v) is 2.04. The zero-order valence-corrected chi connectivity index (χ0v) is 11.0. The van der Waals surface area contributed by atoms with Gasteiger partial charge in [0.2, 0.25) is 0 Å². The highest BCUT2D eigenvalue weighted by Crippen LogP contribution is 2.10. The van der Waals surface area contributed by atoms with E-state index in [0.29, 0.717) is 6.61 Å². The molecule has 0 saturated carbocycles. The Morgan fingerprint density at radius 2 is 2.24 bits per heavy atom. The number of aromatic nitrogens is 2. The molecule has 1 heterocycles. The Labute approximate surface area is 103 Å². The minimum Gasteiger partial charge on any atom is -0.377 e. The third-order valence-corrected chi connectivity index (χ3v) is 2.99. The Bertz CT molecular complexity index is 313. The van der Waals surface area contributed by atoms with Crippen LogP contribution in [-0.4, -0.2) is 28.3 Å². The third-order valence-electron chi connectivity index (χ3n) is 2.99. The zero-order valence-electron chi connectivity index (χ0n) is 11.0. The molecule has 1 aromatic heterocycles. The van der Waals surface area contributed by atoms with Crippen LogP contribution in [0.1, 0.15) is 33.0 Å². The highest BCUT2D eigenvalue weighted by atomic mass is 16.5. The van der Waals surface area contributed by atoms with Crippen molar-refractivity contribution in [2.24, 2.45) is 5.84 Å². The Hall–Kier alpha value is -0.910. The van der Waals surface area contributed by atoms with Crippen LogP contribution in [0.3, 0.4) is 0 Å². The molecule has 1 rings (SSSR count). The van der Waals surface area contributed by atoms with Crippen molar-refractivity contribution < 1.29 is 4.74 Å². The molecule has 0 spiro atoms. The summed E-state index contributed by atoms with van der Waals surface area (Å²) in [6, 6.07) is 0.104. The predicted octanol–water partition coefficient (Wildman–Crippen LogP) is 1.09. The minimum atomic E-state index is 0.104. The number of imidazole rings is 1. The van der Waals surface area contributed by atoms with Crippen LogP contribution >= 0.6 is 0 Å². The van der Waals surface area contributed by atoms with Crippen LogP contribution < -0.4 is 11.3 Å². The number of nitrogens with two attached hydrogens (primary N) is 1. The van der Waals surface area contributed by atoms with E-state index >= 15 is 0 Å². The number of rotatable bonds is 8. The molecule has 0 fully saturated rings. The zero-order chi connectivity index (χ0) is 12.7. The summed E-state index contributed by atoms with van der Waals surface area (Å²) in [5.74, 6) is 6.67. The van der Waals surface area contributed by atoms with Gasteiger partial charge in [-0.1, -0.05) is 6.92 Å². The number of nitrogens with zero attached hydrogens (tertiary/aromatic N) is 2. The third kappa shape index (κ3) is 3.80. The van der Waals surface area contributed by atoms with E-state index in [-0.39, 0.29) is 12.1 Å². The average Bonchev–Trinajstić information content (AvgIpc) is 2.80. The van der Waals surface area contributed by atoms with Gasteiger partial charge in [0, 0.05) is 32.0 Å². The Morgan fingerprint density at radius 3 is 2.76 bits per heavy atom. The van der Waals surface area contributed by atoms with Gasteiger partial charge in [-0.3, -0.25) is 11.3 Å². The van der Waals surface area contributed by atoms with Crippen molar-refractivity contribution in [3.05, 3.63) is 18.2 Å². The first-order valence-corrected chi connectivity index (χ1v) is 6.34. The molecule has 5 nitrogen and oxygen atoms in total. The average molecular weight is 240 g/mol. The first-order valence-electron chi connectivity index (χ1n) is 6.34. The summed E-state index contributed by atoms with van der Waals surface area (Å²) < 4.78 is 7.81.